The second-order valence-corrected chi connectivity index (χ2v) is 5.99. The molecule has 0 spiro atoms. The van der Waals surface area contributed by atoms with Gasteiger partial charge in [0.2, 0.25) is 6.29 Å². The lowest BCUT2D eigenvalue weighted by Crippen LogP contribution is -2.40. The molecule has 0 saturated heterocycles. The third-order valence-electron chi connectivity index (χ3n) is 3.44. The fourth-order valence-electron chi connectivity index (χ4n) is 1.88. The van der Waals surface area contributed by atoms with Crippen molar-refractivity contribution in [2.75, 3.05) is 0 Å². The maximum Gasteiger partial charge on any atom is 0.325 e. The highest BCUT2D eigenvalue weighted by molar-refractivity contribution is 5.98. The number of carboxylic acids is 1. The van der Waals surface area contributed by atoms with Gasteiger partial charge < -0.3 is 14.6 Å². The van der Waals surface area contributed by atoms with Crippen molar-refractivity contribution in [3.63, 3.8) is 0 Å². The molecule has 1 atom stereocenters. The predicted octanol–water partition coefficient (Wildman–Crippen LogP) is 2.58. The fraction of sp³-hybridized carbons (Fsp3) is 0.857. The van der Waals surface area contributed by atoms with Crippen molar-refractivity contribution in [1.29, 1.82) is 0 Å². The molecule has 0 radical (unpaired) electrons. The van der Waals surface area contributed by atoms with Crippen LogP contribution in [0.4, 0.5) is 0 Å². The number of ether oxygens (including phenoxy) is 2. The van der Waals surface area contributed by atoms with Gasteiger partial charge in [-0.25, -0.2) is 0 Å². The Morgan fingerprint density at radius 3 is 2.16 bits per heavy atom. The van der Waals surface area contributed by atoms with Gasteiger partial charge in [0.05, 0.1) is 6.10 Å². The number of carboxylic acid groups (broad SMARTS) is 1. The lowest BCUT2D eigenvalue weighted by molar-refractivity contribution is -0.210. The lowest BCUT2D eigenvalue weighted by atomic mass is 9.94. The number of hydrogen-bond donors (Lipinski definition) is 1. The van der Waals surface area contributed by atoms with E-state index in [1.165, 1.54) is 13.8 Å². The molecule has 0 amide bonds. The third-order valence-corrected chi connectivity index (χ3v) is 3.44. The maximum atomic E-state index is 11.9. The van der Waals surface area contributed by atoms with E-state index in [1.807, 2.05) is 13.8 Å². The average molecular weight is 272 g/mol. The summed E-state index contributed by atoms with van der Waals surface area (Å²) in [6, 6.07) is 0. The predicted molar refractivity (Wildman–Crippen MR) is 69.5 cm³/mol. The average Bonchev–Trinajstić information content (AvgIpc) is 2.80. The van der Waals surface area contributed by atoms with Crippen LogP contribution < -0.4 is 0 Å². The quantitative estimate of drug-likeness (QED) is 0.457. The van der Waals surface area contributed by atoms with Gasteiger partial charge in [0, 0.05) is 5.92 Å². The Kier molecular flexibility index (Phi) is 5.35. The van der Waals surface area contributed by atoms with E-state index in [2.05, 4.69) is 0 Å². The normalized spacial score (nSPS) is 18.6. The highest BCUT2D eigenvalue weighted by Crippen LogP contribution is 2.26. The molecule has 0 aromatic heterocycles. The summed E-state index contributed by atoms with van der Waals surface area (Å²) in [6.07, 6.45) is 3.66. The van der Waals surface area contributed by atoms with Crippen molar-refractivity contribution in [1.82, 2.24) is 0 Å². The van der Waals surface area contributed by atoms with E-state index in [0.29, 0.717) is 0 Å². The molecule has 1 unspecified atom stereocenters. The summed E-state index contributed by atoms with van der Waals surface area (Å²) in [7, 11) is 0. The number of hydrogen-bond acceptors (Lipinski definition) is 4. The van der Waals surface area contributed by atoms with Crippen LogP contribution in [0.3, 0.4) is 0 Å². The van der Waals surface area contributed by atoms with Crippen LogP contribution in [0.15, 0.2) is 0 Å². The van der Waals surface area contributed by atoms with E-state index in [4.69, 9.17) is 14.6 Å². The Balaban J connectivity index is 2.62. The third kappa shape index (κ3) is 4.20. The molecule has 5 nitrogen and oxygen atoms in total. The van der Waals surface area contributed by atoms with Crippen molar-refractivity contribution >= 4 is 11.9 Å². The van der Waals surface area contributed by atoms with Crippen LogP contribution in [0.2, 0.25) is 0 Å². The smallest absolute Gasteiger partial charge is 0.325 e. The first-order valence-corrected chi connectivity index (χ1v) is 6.85. The first-order valence-electron chi connectivity index (χ1n) is 6.85. The first-order chi connectivity index (χ1) is 8.75. The molecule has 1 aliphatic rings. The molecule has 110 valence electrons. The number of rotatable bonds is 6. The minimum atomic E-state index is -1.55. The molecule has 0 aromatic carbocycles. The summed E-state index contributed by atoms with van der Waals surface area (Å²) in [5, 5.41) is 9.01. The van der Waals surface area contributed by atoms with Crippen molar-refractivity contribution in [3.05, 3.63) is 0 Å². The molecule has 1 N–H and O–H groups in total. The van der Waals surface area contributed by atoms with E-state index in [-0.39, 0.29) is 12.0 Å². The van der Waals surface area contributed by atoms with E-state index < -0.39 is 23.6 Å². The summed E-state index contributed by atoms with van der Waals surface area (Å²) < 4.78 is 11.0. The molecule has 1 aliphatic carbocycles. The monoisotopic (exact) mass is 272 g/mol. The molecular formula is C14H24O5. The summed E-state index contributed by atoms with van der Waals surface area (Å²) in [5.74, 6) is -1.95. The van der Waals surface area contributed by atoms with Crippen molar-refractivity contribution in [3.8, 4) is 0 Å². The highest BCUT2D eigenvalue weighted by atomic mass is 16.7. The molecule has 1 saturated carbocycles. The summed E-state index contributed by atoms with van der Waals surface area (Å²) >= 11 is 0. The number of esters is 1. The van der Waals surface area contributed by atoms with E-state index in [9.17, 15) is 9.59 Å². The Morgan fingerprint density at radius 2 is 1.74 bits per heavy atom. The standard InChI is InChI=1S/C14H24O5/c1-9(2)11(18-10-7-5-6-8-10)19-13(17)14(3,4)12(15)16/h9-11H,5-8H2,1-4H3,(H,15,16). The summed E-state index contributed by atoms with van der Waals surface area (Å²) in [6.45, 7) is 6.45. The highest BCUT2D eigenvalue weighted by Gasteiger charge is 2.40. The van der Waals surface area contributed by atoms with E-state index in [0.717, 1.165) is 25.7 Å². The van der Waals surface area contributed by atoms with Gasteiger partial charge in [-0.05, 0) is 26.7 Å². The van der Waals surface area contributed by atoms with Crippen LogP contribution in [0, 0.1) is 11.3 Å². The topological polar surface area (TPSA) is 72.8 Å². The van der Waals surface area contributed by atoms with Gasteiger partial charge in [0.15, 0.2) is 5.41 Å². The second kappa shape index (κ2) is 6.37. The van der Waals surface area contributed by atoms with Crippen LogP contribution in [0.5, 0.6) is 0 Å². The molecule has 0 bridgehead atoms. The molecule has 1 fully saturated rings. The zero-order chi connectivity index (χ0) is 14.6. The van der Waals surface area contributed by atoms with Crippen molar-refractivity contribution < 1.29 is 24.2 Å². The zero-order valence-corrected chi connectivity index (χ0v) is 12.1. The Labute approximate surface area is 114 Å². The fourth-order valence-corrected chi connectivity index (χ4v) is 1.88. The van der Waals surface area contributed by atoms with Gasteiger partial charge in [-0.2, -0.15) is 0 Å². The molecule has 0 heterocycles. The molecule has 0 aromatic rings. The van der Waals surface area contributed by atoms with Gasteiger partial charge >= 0.3 is 11.9 Å². The van der Waals surface area contributed by atoms with E-state index in [1.54, 1.807) is 0 Å². The molecule has 5 heteroatoms. The number of aliphatic carboxylic acids is 1. The van der Waals surface area contributed by atoms with Crippen molar-refractivity contribution in [2.24, 2.45) is 11.3 Å². The first kappa shape index (κ1) is 16.0. The van der Waals surface area contributed by atoms with Gasteiger partial charge in [-0.15, -0.1) is 0 Å². The summed E-state index contributed by atoms with van der Waals surface area (Å²) in [5.41, 5.74) is -1.55. The Bertz CT molecular complexity index is 329. The molecule has 0 aliphatic heterocycles. The summed E-state index contributed by atoms with van der Waals surface area (Å²) in [4.78, 5) is 22.9. The largest absolute Gasteiger partial charge is 0.480 e. The molecule has 1 rings (SSSR count). The van der Waals surface area contributed by atoms with Gasteiger partial charge in [-0.1, -0.05) is 26.7 Å². The van der Waals surface area contributed by atoms with Crippen LogP contribution in [0.1, 0.15) is 53.4 Å². The minimum absolute atomic E-state index is 0.00542. The van der Waals surface area contributed by atoms with E-state index >= 15 is 0 Å². The Hall–Kier alpha value is -1.10. The van der Waals surface area contributed by atoms with Gasteiger partial charge in [0.1, 0.15) is 0 Å². The minimum Gasteiger partial charge on any atom is -0.480 e. The van der Waals surface area contributed by atoms with Crippen LogP contribution in [0.25, 0.3) is 0 Å². The van der Waals surface area contributed by atoms with Crippen LogP contribution >= 0.6 is 0 Å². The zero-order valence-electron chi connectivity index (χ0n) is 12.1. The molecular weight excluding hydrogens is 248 g/mol. The lowest BCUT2D eigenvalue weighted by Gasteiger charge is -2.28. The van der Waals surface area contributed by atoms with Crippen LogP contribution in [-0.4, -0.2) is 29.4 Å². The molecule has 19 heavy (non-hydrogen) atoms. The maximum absolute atomic E-state index is 11.9. The Morgan fingerprint density at radius 1 is 1.21 bits per heavy atom. The SMILES string of the molecule is CC(C)C(OC(=O)C(C)(C)C(=O)O)OC1CCCC1. The van der Waals surface area contributed by atoms with Crippen LogP contribution in [-0.2, 0) is 19.1 Å². The van der Waals surface area contributed by atoms with Crippen molar-refractivity contribution in [2.45, 2.75) is 65.8 Å². The number of carbonyl (C=O) groups is 2. The van der Waals surface area contributed by atoms with Gasteiger partial charge in [0.25, 0.3) is 0 Å². The number of carbonyl (C=O) groups excluding carboxylic acids is 1. The van der Waals surface area contributed by atoms with Gasteiger partial charge in [-0.3, -0.25) is 9.59 Å². The second-order valence-electron chi connectivity index (χ2n) is 5.99.